The van der Waals surface area contributed by atoms with Crippen LogP contribution in [-0.2, 0) is 4.74 Å². The normalized spacial score (nSPS) is 14.7. The third kappa shape index (κ3) is 3.05. The molecule has 1 saturated heterocycles. The van der Waals surface area contributed by atoms with Crippen LogP contribution in [0.25, 0.3) is 28.2 Å². The Labute approximate surface area is 163 Å². The molecule has 0 unspecified atom stereocenters. The molecule has 0 saturated carbocycles. The van der Waals surface area contributed by atoms with Gasteiger partial charge in [0.05, 0.1) is 24.6 Å². The van der Waals surface area contributed by atoms with Crippen LogP contribution in [0.2, 0.25) is 0 Å². The highest BCUT2D eigenvalue weighted by atomic mass is 16.5. The number of pyridine rings is 1. The second-order valence-electron chi connectivity index (χ2n) is 7.19. The molecule has 1 aliphatic heterocycles. The molecule has 4 heterocycles. The van der Waals surface area contributed by atoms with Gasteiger partial charge in [0, 0.05) is 37.0 Å². The number of fused-ring (bicyclic) bond motifs is 1. The summed E-state index contributed by atoms with van der Waals surface area (Å²) in [5.41, 5.74) is 5.98. The maximum atomic E-state index is 5.96. The smallest absolute Gasteiger partial charge is 0.176 e. The molecule has 1 aromatic carbocycles. The predicted molar refractivity (Wildman–Crippen MR) is 109 cm³/mol. The first-order chi connectivity index (χ1) is 13.7. The summed E-state index contributed by atoms with van der Waals surface area (Å²) in [7, 11) is 0. The fourth-order valence-electron chi connectivity index (χ4n) is 3.68. The third-order valence-corrected chi connectivity index (χ3v) is 5.06. The van der Waals surface area contributed by atoms with E-state index in [1.54, 1.807) is 0 Å². The van der Waals surface area contributed by atoms with E-state index in [2.05, 4.69) is 42.2 Å². The fourth-order valence-corrected chi connectivity index (χ4v) is 3.68. The Balaban J connectivity index is 1.59. The molecule has 0 spiro atoms. The molecule has 3 aromatic heterocycles. The average molecular weight is 374 g/mol. The maximum Gasteiger partial charge on any atom is 0.176 e. The lowest BCUT2D eigenvalue weighted by atomic mass is 10.1. The van der Waals surface area contributed by atoms with Gasteiger partial charge >= 0.3 is 0 Å². The summed E-state index contributed by atoms with van der Waals surface area (Å²) in [6.45, 7) is 7.16. The van der Waals surface area contributed by atoms with Gasteiger partial charge in [-0.1, -0.05) is 23.8 Å². The largest absolute Gasteiger partial charge is 0.457 e. The highest BCUT2D eigenvalue weighted by molar-refractivity contribution is 5.88. The van der Waals surface area contributed by atoms with Gasteiger partial charge in [0.25, 0.3) is 0 Å². The standard InChI is InChI=1S/C22H22N4O2/c1-15-4-3-5-17(12-15)18-6-7-26(24-18)21-14-20(25-8-10-27-11-9-25)22-19(23-21)13-16(2)28-22/h3-7,12-14H,8-11H2,1-2H3. The molecule has 28 heavy (non-hydrogen) atoms. The number of benzene rings is 1. The first-order valence-electron chi connectivity index (χ1n) is 9.54. The fraction of sp³-hybridized carbons (Fsp3) is 0.273. The van der Waals surface area contributed by atoms with Gasteiger partial charge in [-0.2, -0.15) is 5.10 Å². The summed E-state index contributed by atoms with van der Waals surface area (Å²) in [4.78, 5) is 7.09. The molecule has 142 valence electrons. The summed E-state index contributed by atoms with van der Waals surface area (Å²) in [6.07, 6.45) is 1.96. The van der Waals surface area contributed by atoms with Crippen LogP contribution >= 0.6 is 0 Å². The molecule has 0 radical (unpaired) electrons. The number of anilines is 1. The van der Waals surface area contributed by atoms with Crippen LogP contribution in [0.1, 0.15) is 11.3 Å². The molecule has 0 bridgehead atoms. The van der Waals surface area contributed by atoms with E-state index in [1.807, 2.05) is 29.9 Å². The van der Waals surface area contributed by atoms with Crippen LogP contribution in [0.4, 0.5) is 5.69 Å². The first kappa shape index (κ1) is 17.0. The van der Waals surface area contributed by atoms with Crippen LogP contribution in [-0.4, -0.2) is 41.1 Å². The predicted octanol–water partition coefficient (Wildman–Crippen LogP) is 4.13. The molecule has 0 aliphatic carbocycles. The van der Waals surface area contributed by atoms with Crippen molar-refractivity contribution in [1.29, 1.82) is 0 Å². The summed E-state index contributed by atoms with van der Waals surface area (Å²) in [6, 6.07) is 14.4. The number of morpholine rings is 1. The highest BCUT2D eigenvalue weighted by Crippen LogP contribution is 2.31. The Morgan fingerprint density at radius 1 is 1.00 bits per heavy atom. The zero-order valence-corrected chi connectivity index (χ0v) is 16.1. The van der Waals surface area contributed by atoms with Crippen LogP contribution in [0.15, 0.2) is 53.1 Å². The van der Waals surface area contributed by atoms with Gasteiger partial charge in [-0.05, 0) is 26.0 Å². The molecule has 1 aliphatic rings. The number of rotatable bonds is 3. The van der Waals surface area contributed by atoms with Gasteiger partial charge in [-0.15, -0.1) is 0 Å². The SMILES string of the molecule is Cc1cccc(-c2ccn(-c3cc(N4CCOCC4)c4oc(C)cc4n3)n2)c1. The van der Waals surface area contributed by atoms with Crippen molar-refractivity contribution >= 4 is 16.8 Å². The van der Waals surface area contributed by atoms with E-state index in [1.165, 1.54) is 5.56 Å². The lowest BCUT2D eigenvalue weighted by Gasteiger charge is -2.28. The van der Waals surface area contributed by atoms with Crippen molar-refractivity contribution in [2.75, 3.05) is 31.2 Å². The lowest BCUT2D eigenvalue weighted by Crippen LogP contribution is -2.36. The van der Waals surface area contributed by atoms with E-state index >= 15 is 0 Å². The first-order valence-corrected chi connectivity index (χ1v) is 9.54. The molecule has 0 atom stereocenters. The number of aryl methyl sites for hydroxylation is 2. The summed E-state index contributed by atoms with van der Waals surface area (Å²) in [5.74, 6) is 1.64. The minimum atomic E-state index is 0.720. The minimum absolute atomic E-state index is 0.720. The molecule has 0 amide bonds. The molecule has 0 N–H and O–H groups in total. The van der Waals surface area contributed by atoms with Crippen molar-refractivity contribution in [3.63, 3.8) is 0 Å². The van der Waals surface area contributed by atoms with Crippen LogP contribution in [0.3, 0.4) is 0 Å². The van der Waals surface area contributed by atoms with Crippen molar-refractivity contribution < 1.29 is 9.15 Å². The van der Waals surface area contributed by atoms with Crippen molar-refractivity contribution in [1.82, 2.24) is 14.8 Å². The molecule has 1 fully saturated rings. The number of nitrogens with zero attached hydrogens (tertiary/aromatic N) is 4. The van der Waals surface area contributed by atoms with Gasteiger partial charge in [-0.3, -0.25) is 0 Å². The van der Waals surface area contributed by atoms with E-state index < -0.39 is 0 Å². The number of furan rings is 1. The second-order valence-corrected chi connectivity index (χ2v) is 7.19. The Morgan fingerprint density at radius 2 is 1.86 bits per heavy atom. The molecule has 6 nitrogen and oxygen atoms in total. The Bertz CT molecular complexity index is 1140. The number of hydrogen-bond donors (Lipinski definition) is 0. The lowest BCUT2D eigenvalue weighted by molar-refractivity contribution is 0.122. The number of aromatic nitrogens is 3. The summed E-state index contributed by atoms with van der Waals surface area (Å²) < 4.78 is 13.3. The molecule has 5 rings (SSSR count). The summed E-state index contributed by atoms with van der Waals surface area (Å²) in [5, 5.41) is 4.77. The summed E-state index contributed by atoms with van der Waals surface area (Å²) >= 11 is 0. The van der Waals surface area contributed by atoms with E-state index in [4.69, 9.17) is 19.2 Å². The van der Waals surface area contributed by atoms with Crippen LogP contribution in [0.5, 0.6) is 0 Å². The molecule has 6 heteroatoms. The van der Waals surface area contributed by atoms with Gasteiger partial charge in [-0.25, -0.2) is 9.67 Å². The van der Waals surface area contributed by atoms with E-state index in [-0.39, 0.29) is 0 Å². The number of hydrogen-bond acceptors (Lipinski definition) is 5. The van der Waals surface area contributed by atoms with Crippen LogP contribution in [0, 0.1) is 13.8 Å². The monoisotopic (exact) mass is 374 g/mol. The van der Waals surface area contributed by atoms with Gasteiger partial charge in [0.1, 0.15) is 11.3 Å². The zero-order chi connectivity index (χ0) is 19.1. The van der Waals surface area contributed by atoms with Crippen molar-refractivity contribution in [3.8, 4) is 17.1 Å². The van der Waals surface area contributed by atoms with Crippen LogP contribution < -0.4 is 4.90 Å². The Kier molecular flexibility index (Phi) is 4.13. The minimum Gasteiger partial charge on any atom is -0.457 e. The van der Waals surface area contributed by atoms with E-state index in [0.717, 1.165) is 65.9 Å². The molecular formula is C22H22N4O2. The van der Waals surface area contributed by atoms with Crippen molar-refractivity contribution in [3.05, 3.63) is 60.0 Å². The third-order valence-electron chi connectivity index (χ3n) is 5.06. The number of ether oxygens (including phenoxy) is 1. The quantitative estimate of drug-likeness (QED) is 0.540. The molecular weight excluding hydrogens is 352 g/mol. The van der Waals surface area contributed by atoms with Gasteiger partial charge in [0.15, 0.2) is 11.4 Å². The zero-order valence-electron chi connectivity index (χ0n) is 16.1. The van der Waals surface area contributed by atoms with E-state index in [0.29, 0.717) is 0 Å². The van der Waals surface area contributed by atoms with Crippen molar-refractivity contribution in [2.45, 2.75) is 13.8 Å². The maximum absolute atomic E-state index is 5.96. The van der Waals surface area contributed by atoms with Gasteiger partial charge in [0.2, 0.25) is 0 Å². The highest BCUT2D eigenvalue weighted by Gasteiger charge is 2.19. The Morgan fingerprint density at radius 3 is 2.68 bits per heavy atom. The van der Waals surface area contributed by atoms with E-state index in [9.17, 15) is 0 Å². The average Bonchev–Trinajstić information content (AvgIpc) is 3.34. The van der Waals surface area contributed by atoms with Crippen molar-refractivity contribution in [2.24, 2.45) is 0 Å². The Hall–Kier alpha value is -3.12. The second kappa shape index (κ2) is 6.80. The van der Waals surface area contributed by atoms with Gasteiger partial charge < -0.3 is 14.1 Å². The molecule has 4 aromatic rings. The topological polar surface area (TPSA) is 56.3 Å².